The average Bonchev–Trinajstić information content (AvgIpc) is 4.14. The van der Waals surface area contributed by atoms with E-state index in [-0.39, 0.29) is 47.9 Å². The molecule has 4 fully saturated rings. The molecule has 5 unspecified atom stereocenters. The summed E-state index contributed by atoms with van der Waals surface area (Å²) in [6.07, 6.45) is 6.35. The fraction of sp³-hybridized carbons (Fsp3) is 0.522. The summed E-state index contributed by atoms with van der Waals surface area (Å²) in [6.45, 7) is 7.18. The van der Waals surface area contributed by atoms with Gasteiger partial charge in [-0.2, -0.15) is 0 Å². The number of nitrogens with one attached hydrogen (secondary N) is 4. The normalized spacial score (nSPS) is 24.0. The maximum Gasteiger partial charge on any atom is 0.405 e. The molecule has 5 aliphatic heterocycles. The van der Waals surface area contributed by atoms with Crippen LogP contribution in [0.5, 0.6) is 0 Å². The van der Waals surface area contributed by atoms with Crippen molar-refractivity contribution in [2.45, 2.75) is 102 Å². The van der Waals surface area contributed by atoms with Gasteiger partial charge in [-0.1, -0.05) is 24.3 Å². The molecule has 0 saturated carbocycles. The number of hydrogen-bond acceptors (Lipinski definition) is 9. The number of fused-ring (bicyclic) bond motifs is 3. The number of amides is 4. The van der Waals surface area contributed by atoms with Gasteiger partial charge in [0.25, 0.3) is 0 Å². The lowest BCUT2D eigenvalue weighted by Gasteiger charge is -2.33. The first-order chi connectivity index (χ1) is 30.5. The second-order valence-corrected chi connectivity index (χ2v) is 17.5. The molecule has 0 bridgehead atoms. The largest absolute Gasteiger partial charge is 0.465 e. The van der Waals surface area contributed by atoms with Crippen molar-refractivity contribution in [3.05, 3.63) is 71.6 Å². The zero-order valence-corrected chi connectivity index (χ0v) is 35.7. The van der Waals surface area contributed by atoms with E-state index >= 15 is 0 Å². The number of carbonyl (C=O) groups is 4. The van der Waals surface area contributed by atoms with Gasteiger partial charge >= 0.3 is 12.2 Å². The van der Waals surface area contributed by atoms with E-state index in [0.29, 0.717) is 76.8 Å². The molecule has 9 rings (SSSR count). The molecule has 4 amide bonds. The van der Waals surface area contributed by atoms with E-state index in [1.165, 1.54) is 0 Å². The number of hydrogen-bond donors (Lipinski definition) is 6. The second-order valence-electron chi connectivity index (χ2n) is 17.5. The van der Waals surface area contributed by atoms with Crippen molar-refractivity contribution in [1.82, 2.24) is 40.4 Å². The fourth-order valence-electron chi connectivity index (χ4n) is 10.5. The quantitative estimate of drug-likeness (QED) is 0.0980. The molecule has 17 heteroatoms. The highest BCUT2D eigenvalue weighted by molar-refractivity contribution is 5.87. The van der Waals surface area contributed by atoms with E-state index in [4.69, 9.17) is 24.2 Å². The van der Waals surface area contributed by atoms with Crippen LogP contribution in [0.25, 0.3) is 33.6 Å². The average molecular weight is 865 g/mol. The van der Waals surface area contributed by atoms with Gasteiger partial charge in [0.1, 0.15) is 23.7 Å². The Bertz CT molecular complexity index is 2170. The summed E-state index contributed by atoms with van der Waals surface area (Å²) in [6, 6.07) is 10.3. The number of ether oxygens (including phenoxy) is 3. The van der Waals surface area contributed by atoms with Gasteiger partial charge in [-0.25, -0.2) is 19.6 Å². The highest BCUT2D eigenvalue weighted by Gasteiger charge is 2.42. The molecule has 6 N–H and O–H groups in total. The van der Waals surface area contributed by atoms with E-state index in [1.54, 1.807) is 9.80 Å². The van der Waals surface area contributed by atoms with Crippen molar-refractivity contribution in [3.8, 4) is 33.6 Å². The minimum Gasteiger partial charge on any atom is -0.465 e. The Morgan fingerprint density at radius 2 is 1.06 bits per heavy atom. The number of carbonyl (C=O) groups excluding carboxylic acids is 2. The standard InChI is InChI=1S/C46H56N8O9/c1-25-33-21-29(35-23-47-41(49-35)37-5-3-15-53(37)43(55)39(51-45(57)58)27-11-17-61-18-12-27)7-9-31(33)32-10-8-30(22-34(32)26(2)63-25)36-24-48-42(50-36)38-6-4-16-54(38)44(56)40(52-46(59)60)28-13-19-62-20-14-28/h7-10,21-28,37-40,51-52H,3-6,11-20H2,1-2H3,(H,47,49)(H,48,50)(H,57,58)(H,59,60)/t25?,26?,37-,38?,39?,40?/m0/s1. The zero-order chi connectivity index (χ0) is 43.8. The van der Waals surface area contributed by atoms with Crippen molar-refractivity contribution < 1.29 is 43.6 Å². The van der Waals surface area contributed by atoms with Gasteiger partial charge in [0.05, 0.1) is 35.7 Å². The van der Waals surface area contributed by atoms with E-state index < -0.39 is 24.3 Å². The van der Waals surface area contributed by atoms with Gasteiger partial charge in [-0.05, 0) is 111 Å². The maximum absolute atomic E-state index is 13.9. The Balaban J connectivity index is 0.932. The van der Waals surface area contributed by atoms with Crippen LogP contribution >= 0.6 is 0 Å². The Hall–Kier alpha value is -5.78. The van der Waals surface area contributed by atoms with Crippen LogP contribution < -0.4 is 10.6 Å². The summed E-state index contributed by atoms with van der Waals surface area (Å²) in [4.78, 5) is 71.7. The number of likely N-dealkylation sites (tertiary alicyclic amines) is 2. The first-order valence-electron chi connectivity index (χ1n) is 22.3. The first-order valence-corrected chi connectivity index (χ1v) is 22.3. The Morgan fingerprint density at radius 3 is 1.46 bits per heavy atom. The van der Waals surface area contributed by atoms with Crippen molar-refractivity contribution in [3.63, 3.8) is 0 Å². The first kappa shape index (κ1) is 42.5. The number of carboxylic acid groups (broad SMARTS) is 2. The summed E-state index contributed by atoms with van der Waals surface area (Å²) in [5.41, 5.74) is 7.46. The summed E-state index contributed by atoms with van der Waals surface area (Å²) in [5, 5.41) is 24.3. The monoisotopic (exact) mass is 864 g/mol. The number of nitrogens with zero attached hydrogens (tertiary/aromatic N) is 4. The van der Waals surface area contributed by atoms with Gasteiger partial charge < -0.3 is 54.8 Å². The molecule has 4 aromatic rings. The van der Waals surface area contributed by atoms with Gasteiger partial charge in [-0.15, -0.1) is 0 Å². The molecule has 334 valence electrons. The number of rotatable bonds is 10. The molecule has 17 nitrogen and oxygen atoms in total. The SMILES string of the molecule is CC1OC(C)c2cc(-c3c[nH]c([C@@H]4CCCN4C(=O)C(NC(=O)O)C4CCOCC4)n3)ccc2-c2ccc(-c3c[nH]c(C4CCCN4C(=O)C(NC(=O)O)C4CCOCC4)n3)cc21. The third kappa shape index (κ3) is 8.65. The van der Waals surface area contributed by atoms with Crippen LogP contribution in [0.4, 0.5) is 9.59 Å². The van der Waals surface area contributed by atoms with E-state index in [2.05, 4.69) is 70.8 Å². The van der Waals surface area contributed by atoms with Crippen LogP contribution in [0.2, 0.25) is 0 Å². The van der Waals surface area contributed by atoms with Crippen LogP contribution in [0.1, 0.15) is 112 Å². The third-order valence-corrected chi connectivity index (χ3v) is 13.7. The Kier molecular flexibility index (Phi) is 12.2. The third-order valence-electron chi connectivity index (χ3n) is 13.7. The number of benzene rings is 2. The van der Waals surface area contributed by atoms with Crippen molar-refractivity contribution in [2.24, 2.45) is 11.8 Å². The summed E-state index contributed by atoms with van der Waals surface area (Å²) < 4.78 is 17.6. The van der Waals surface area contributed by atoms with Crippen molar-refractivity contribution >= 4 is 24.0 Å². The summed E-state index contributed by atoms with van der Waals surface area (Å²) in [5.74, 6) is 0.650. The molecule has 2 aromatic carbocycles. The fourth-order valence-corrected chi connectivity index (χ4v) is 10.5. The van der Waals surface area contributed by atoms with E-state index in [9.17, 15) is 29.4 Å². The molecule has 2 aromatic heterocycles. The molecule has 0 radical (unpaired) electrons. The number of imidazole rings is 2. The molecular formula is C46H56N8O9. The van der Waals surface area contributed by atoms with E-state index in [1.807, 2.05) is 12.4 Å². The topological polar surface area (TPSA) is 224 Å². The van der Waals surface area contributed by atoms with Crippen LogP contribution in [0.15, 0.2) is 48.8 Å². The van der Waals surface area contributed by atoms with Crippen LogP contribution in [0.3, 0.4) is 0 Å². The minimum atomic E-state index is -1.21. The molecule has 0 spiro atoms. The Labute approximate surface area is 365 Å². The Morgan fingerprint density at radius 1 is 0.651 bits per heavy atom. The number of aromatic nitrogens is 4. The smallest absolute Gasteiger partial charge is 0.405 e. The molecule has 0 aliphatic carbocycles. The molecule has 7 heterocycles. The minimum absolute atomic E-state index is 0.128. The van der Waals surface area contributed by atoms with Gasteiger partial charge in [0.15, 0.2) is 0 Å². The van der Waals surface area contributed by atoms with Crippen LogP contribution in [-0.4, -0.2) is 116 Å². The molecular weight excluding hydrogens is 809 g/mol. The summed E-state index contributed by atoms with van der Waals surface area (Å²) in [7, 11) is 0. The van der Waals surface area contributed by atoms with Crippen LogP contribution in [-0.2, 0) is 23.8 Å². The molecule has 4 saturated heterocycles. The zero-order valence-electron chi connectivity index (χ0n) is 35.7. The lowest BCUT2D eigenvalue weighted by Crippen LogP contribution is -2.52. The summed E-state index contributed by atoms with van der Waals surface area (Å²) >= 11 is 0. The van der Waals surface area contributed by atoms with Crippen LogP contribution in [0, 0.1) is 11.8 Å². The predicted molar refractivity (Wildman–Crippen MR) is 229 cm³/mol. The highest BCUT2D eigenvalue weighted by Crippen LogP contribution is 2.45. The second kappa shape index (κ2) is 18.1. The molecule has 5 aliphatic rings. The van der Waals surface area contributed by atoms with Crippen molar-refractivity contribution in [2.75, 3.05) is 39.5 Å². The lowest BCUT2D eigenvalue weighted by molar-refractivity contribution is -0.137. The van der Waals surface area contributed by atoms with E-state index in [0.717, 1.165) is 70.5 Å². The number of aromatic amines is 2. The molecule has 63 heavy (non-hydrogen) atoms. The highest BCUT2D eigenvalue weighted by atomic mass is 16.5. The van der Waals surface area contributed by atoms with Gasteiger partial charge in [0.2, 0.25) is 11.8 Å². The van der Waals surface area contributed by atoms with Crippen molar-refractivity contribution in [1.29, 1.82) is 0 Å². The van der Waals surface area contributed by atoms with Gasteiger partial charge in [0, 0.05) is 63.0 Å². The molecule has 6 atom stereocenters. The lowest BCUT2D eigenvalue weighted by atomic mass is 9.90. The number of H-pyrrole nitrogens is 2. The maximum atomic E-state index is 13.9. The predicted octanol–water partition coefficient (Wildman–Crippen LogP) is 6.74. The van der Waals surface area contributed by atoms with Gasteiger partial charge in [-0.3, -0.25) is 9.59 Å².